The third kappa shape index (κ3) is 3.43. The van der Waals surface area contributed by atoms with Crippen molar-refractivity contribution in [1.29, 1.82) is 0 Å². The zero-order chi connectivity index (χ0) is 13.5. The first-order valence-corrected chi connectivity index (χ1v) is 6.78. The topological polar surface area (TPSA) is 35.2 Å². The molecule has 0 aliphatic carbocycles. The highest BCUT2D eigenvalue weighted by molar-refractivity contribution is 5.33. The van der Waals surface area contributed by atoms with Crippen LogP contribution in [-0.4, -0.2) is 19.3 Å². The molecule has 0 aliphatic rings. The summed E-state index contributed by atoms with van der Waals surface area (Å²) in [5.74, 6) is 0.187. The van der Waals surface area contributed by atoms with Gasteiger partial charge in [-0.2, -0.15) is 0 Å². The van der Waals surface area contributed by atoms with Gasteiger partial charge in [0, 0.05) is 19.1 Å². The van der Waals surface area contributed by atoms with Gasteiger partial charge in [0.2, 0.25) is 0 Å². The van der Waals surface area contributed by atoms with Crippen molar-refractivity contribution in [2.45, 2.75) is 18.9 Å². The maximum absolute atomic E-state index is 5.91. The Bertz CT molecular complexity index is 430. The third-order valence-electron chi connectivity index (χ3n) is 3.30. The summed E-state index contributed by atoms with van der Waals surface area (Å²) in [6, 6.07) is 20.9. The van der Waals surface area contributed by atoms with E-state index < -0.39 is 0 Å². The lowest BCUT2D eigenvalue weighted by Crippen LogP contribution is -2.31. The molecule has 100 valence electrons. The van der Waals surface area contributed by atoms with Crippen molar-refractivity contribution in [3.05, 3.63) is 71.8 Å². The van der Waals surface area contributed by atoms with Gasteiger partial charge in [-0.15, -0.1) is 0 Å². The Labute approximate surface area is 115 Å². The summed E-state index contributed by atoms with van der Waals surface area (Å²) in [7, 11) is 0. The van der Waals surface area contributed by atoms with Crippen LogP contribution in [0.15, 0.2) is 60.7 Å². The molecule has 0 amide bonds. The van der Waals surface area contributed by atoms with E-state index in [4.69, 9.17) is 10.5 Å². The Morgan fingerprint density at radius 3 is 1.74 bits per heavy atom. The van der Waals surface area contributed by atoms with Gasteiger partial charge in [-0.1, -0.05) is 60.7 Å². The van der Waals surface area contributed by atoms with Crippen molar-refractivity contribution in [2.75, 3.05) is 13.2 Å². The second-order valence-electron chi connectivity index (χ2n) is 4.53. The van der Waals surface area contributed by atoms with Crippen LogP contribution in [0.3, 0.4) is 0 Å². The van der Waals surface area contributed by atoms with Crippen LogP contribution < -0.4 is 5.73 Å². The lowest BCUT2D eigenvalue weighted by molar-refractivity contribution is 0.0576. The van der Waals surface area contributed by atoms with Crippen molar-refractivity contribution in [1.82, 2.24) is 0 Å². The molecule has 0 bridgehead atoms. The van der Waals surface area contributed by atoms with Crippen molar-refractivity contribution >= 4 is 0 Å². The molecular formula is C17H21NO. The number of ether oxygens (including phenoxy) is 1. The number of hydrogen-bond donors (Lipinski definition) is 1. The summed E-state index contributed by atoms with van der Waals surface area (Å²) in [6.45, 7) is 3.20. The maximum Gasteiger partial charge on any atom is 0.0805 e. The van der Waals surface area contributed by atoms with Gasteiger partial charge in [-0.25, -0.2) is 0 Å². The SMILES string of the molecule is CCOC(CN)C(c1ccccc1)c1ccccc1. The average Bonchev–Trinajstić information content (AvgIpc) is 2.49. The summed E-state index contributed by atoms with van der Waals surface area (Å²) in [6.07, 6.45) is 0.00907. The zero-order valence-electron chi connectivity index (χ0n) is 11.3. The Hall–Kier alpha value is -1.64. The largest absolute Gasteiger partial charge is 0.376 e. The van der Waals surface area contributed by atoms with Crippen molar-refractivity contribution in [3.8, 4) is 0 Å². The molecule has 0 saturated heterocycles. The number of nitrogens with two attached hydrogens (primary N) is 1. The molecule has 2 heteroatoms. The molecule has 19 heavy (non-hydrogen) atoms. The van der Waals surface area contributed by atoms with Crippen LogP contribution in [0.25, 0.3) is 0 Å². The van der Waals surface area contributed by atoms with Gasteiger partial charge in [0.15, 0.2) is 0 Å². The van der Waals surface area contributed by atoms with E-state index in [1.807, 2.05) is 19.1 Å². The Morgan fingerprint density at radius 1 is 0.895 bits per heavy atom. The molecule has 0 saturated carbocycles. The molecule has 0 aliphatic heterocycles. The van der Waals surface area contributed by atoms with Crippen LogP contribution in [0.5, 0.6) is 0 Å². The number of hydrogen-bond acceptors (Lipinski definition) is 2. The van der Waals surface area contributed by atoms with Gasteiger partial charge in [-0.3, -0.25) is 0 Å². The third-order valence-corrected chi connectivity index (χ3v) is 3.30. The predicted molar refractivity (Wildman–Crippen MR) is 79.2 cm³/mol. The van der Waals surface area contributed by atoms with Crippen LogP contribution in [0.4, 0.5) is 0 Å². The van der Waals surface area contributed by atoms with Gasteiger partial charge in [-0.05, 0) is 18.1 Å². The highest BCUT2D eigenvalue weighted by Crippen LogP contribution is 2.29. The molecular weight excluding hydrogens is 234 g/mol. The van der Waals surface area contributed by atoms with Crippen LogP contribution in [0, 0.1) is 0 Å². The highest BCUT2D eigenvalue weighted by Gasteiger charge is 2.23. The van der Waals surface area contributed by atoms with Gasteiger partial charge >= 0.3 is 0 Å². The fourth-order valence-corrected chi connectivity index (χ4v) is 2.46. The van der Waals surface area contributed by atoms with E-state index in [1.165, 1.54) is 11.1 Å². The molecule has 0 fully saturated rings. The Kier molecular flexibility index (Phi) is 5.13. The lowest BCUT2D eigenvalue weighted by Gasteiger charge is -2.27. The van der Waals surface area contributed by atoms with E-state index in [2.05, 4.69) is 48.5 Å². The summed E-state index contributed by atoms with van der Waals surface area (Å²) in [5, 5.41) is 0. The van der Waals surface area contributed by atoms with Crippen LogP contribution >= 0.6 is 0 Å². The van der Waals surface area contributed by atoms with E-state index in [9.17, 15) is 0 Å². The summed E-state index contributed by atoms with van der Waals surface area (Å²) in [4.78, 5) is 0. The molecule has 1 atom stereocenters. The summed E-state index contributed by atoms with van der Waals surface area (Å²) in [5.41, 5.74) is 8.40. The Balaban J connectivity index is 2.38. The first-order chi connectivity index (χ1) is 9.36. The van der Waals surface area contributed by atoms with E-state index in [0.717, 1.165) is 0 Å². The second kappa shape index (κ2) is 7.07. The molecule has 0 aromatic heterocycles. The maximum atomic E-state index is 5.91. The molecule has 0 radical (unpaired) electrons. The van der Waals surface area contributed by atoms with Crippen molar-refractivity contribution < 1.29 is 4.74 Å². The fourth-order valence-electron chi connectivity index (χ4n) is 2.46. The molecule has 2 aromatic carbocycles. The van der Waals surface area contributed by atoms with E-state index in [0.29, 0.717) is 13.2 Å². The van der Waals surface area contributed by atoms with Gasteiger partial charge in [0.1, 0.15) is 0 Å². The molecule has 0 heterocycles. The van der Waals surface area contributed by atoms with E-state index in [1.54, 1.807) is 0 Å². The van der Waals surface area contributed by atoms with Gasteiger partial charge in [0.25, 0.3) is 0 Å². The molecule has 1 unspecified atom stereocenters. The number of benzene rings is 2. The lowest BCUT2D eigenvalue weighted by atomic mass is 9.86. The zero-order valence-corrected chi connectivity index (χ0v) is 11.3. The minimum absolute atomic E-state index is 0.00907. The molecule has 2 aromatic rings. The summed E-state index contributed by atoms with van der Waals surface area (Å²) >= 11 is 0. The van der Waals surface area contributed by atoms with Gasteiger partial charge in [0.05, 0.1) is 6.10 Å². The smallest absolute Gasteiger partial charge is 0.0805 e. The summed E-state index contributed by atoms with van der Waals surface area (Å²) < 4.78 is 5.84. The quantitative estimate of drug-likeness (QED) is 0.860. The minimum Gasteiger partial charge on any atom is -0.376 e. The highest BCUT2D eigenvalue weighted by atomic mass is 16.5. The molecule has 2 N–H and O–H groups in total. The number of rotatable bonds is 6. The molecule has 0 spiro atoms. The Morgan fingerprint density at radius 2 is 1.37 bits per heavy atom. The van der Waals surface area contributed by atoms with Crippen molar-refractivity contribution in [3.63, 3.8) is 0 Å². The molecule has 2 nitrogen and oxygen atoms in total. The minimum atomic E-state index is 0.00907. The fraction of sp³-hybridized carbons (Fsp3) is 0.294. The molecule has 2 rings (SSSR count). The van der Waals surface area contributed by atoms with Crippen molar-refractivity contribution in [2.24, 2.45) is 5.73 Å². The van der Waals surface area contributed by atoms with E-state index in [-0.39, 0.29) is 12.0 Å². The standard InChI is InChI=1S/C17H21NO/c1-2-19-16(13-18)17(14-9-5-3-6-10-14)15-11-7-4-8-12-15/h3-12,16-17H,2,13,18H2,1H3. The van der Waals surface area contributed by atoms with Crippen LogP contribution in [0.1, 0.15) is 24.0 Å². The normalized spacial score (nSPS) is 12.6. The first kappa shape index (κ1) is 13.8. The first-order valence-electron chi connectivity index (χ1n) is 6.78. The van der Waals surface area contributed by atoms with Crippen LogP contribution in [0.2, 0.25) is 0 Å². The van der Waals surface area contributed by atoms with E-state index >= 15 is 0 Å². The monoisotopic (exact) mass is 255 g/mol. The second-order valence-corrected chi connectivity index (χ2v) is 4.53. The average molecular weight is 255 g/mol. The van der Waals surface area contributed by atoms with Gasteiger partial charge < -0.3 is 10.5 Å². The van der Waals surface area contributed by atoms with Crippen LogP contribution in [-0.2, 0) is 4.74 Å². The predicted octanol–water partition coefficient (Wildman–Crippen LogP) is 3.18.